The van der Waals surface area contributed by atoms with E-state index in [-0.39, 0.29) is 12.7 Å². The summed E-state index contributed by atoms with van der Waals surface area (Å²) in [4.78, 5) is 5.55. The molecule has 1 saturated carbocycles. The summed E-state index contributed by atoms with van der Waals surface area (Å²) in [5.41, 5.74) is 2.51. The van der Waals surface area contributed by atoms with Crippen LogP contribution in [0.3, 0.4) is 0 Å². The minimum Gasteiger partial charge on any atom is -0.491 e. The van der Waals surface area contributed by atoms with E-state index in [9.17, 15) is 5.11 Å². The molecule has 3 aromatic rings. The molecule has 1 aliphatic carbocycles. The van der Waals surface area contributed by atoms with Crippen LogP contribution in [-0.4, -0.2) is 25.8 Å². The summed E-state index contributed by atoms with van der Waals surface area (Å²) < 4.78 is 7.47. The summed E-state index contributed by atoms with van der Waals surface area (Å²) in [5.74, 6) is 1.44. The van der Waals surface area contributed by atoms with Gasteiger partial charge in [0.2, 0.25) is 4.96 Å². The van der Waals surface area contributed by atoms with Crippen LogP contribution in [0, 0.1) is 0 Å². The molecular weight excluding hydrogens is 310 g/mol. The van der Waals surface area contributed by atoms with Gasteiger partial charge in [-0.3, -0.25) is 0 Å². The Kier molecular flexibility index (Phi) is 3.58. The molecule has 1 aliphatic rings. The molecule has 23 heavy (non-hydrogen) atoms. The predicted molar refractivity (Wildman–Crippen MR) is 90.0 cm³/mol. The maximum absolute atomic E-state index is 9.78. The van der Waals surface area contributed by atoms with Crippen molar-refractivity contribution in [3.05, 3.63) is 35.0 Å². The maximum atomic E-state index is 9.78. The zero-order valence-electron chi connectivity index (χ0n) is 13.2. The van der Waals surface area contributed by atoms with Crippen LogP contribution in [-0.2, 0) is 6.61 Å². The van der Waals surface area contributed by atoms with E-state index in [1.165, 1.54) is 12.8 Å². The molecule has 5 nitrogen and oxygen atoms in total. The molecule has 1 N–H and O–H groups in total. The number of aliphatic hydroxyl groups is 1. The second-order valence-electron chi connectivity index (χ2n) is 6.17. The van der Waals surface area contributed by atoms with Crippen molar-refractivity contribution < 1.29 is 9.84 Å². The highest BCUT2D eigenvalue weighted by molar-refractivity contribution is 7.16. The van der Waals surface area contributed by atoms with Gasteiger partial charge in [0, 0.05) is 11.5 Å². The van der Waals surface area contributed by atoms with Gasteiger partial charge in [0.25, 0.3) is 0 Å². The number of rotatable bonds is 5. The van der Waals surface area contributed by atoms with Crippen molar-refractivity contribution in [1.29, 1.82) is 0 Å². The molecule has 0 amide bonds. The fraction of sp³-hybridized carbons (Fsp3) is 0.412. The maximum Gasteiger partial charge on any atom is 0.213 e. The lowest BCUT2D eigenvalue weighted by Crippen LogP contribution is -2.05. The van der Waals surface area contributed by atoms with E-state index in [2.05, 4.69) is 5.10 Å². The van der Waals surface area contributed by atoms with E-state index < -0.39 is 0 Å². The van der Waals surface area contributed by atoms with Crippen LogP contribution in [0.5, 0.6) is 5.75 Å². The molecule has 0 unspecified atom stereocenters. The molecule has 1 fully saturated rings. The Morgan fingerprint density at radius 2 is 2.04 bits per heavy atom. The van der Waals surface area contributed by atoms with Crippen molar-refractivity contribution in [2.45, 2.75) is 45.3 Å². The third-order valence-corrected chi connectivity index (χ3v) is 4.96. The van der Waals surface area contributed by atoms with Crippen LogP contribution in [0.15, 0.2) is 24.3 Å². The molecule has 120 valence electrons. The summed E-state index contributed by atoms with van der Waals surface area (Å²) >= 11 is 1.63. The quantitative estimate of drug-likeness (QED) is 0.777. The van der Waals surface area contributed by atoms with E-state index in [1.54, 1.807) is 15.9 Å². The van der Waals surface area contributed by atoms with Gasteiger partial charge in [-0.2, -0.15) is 5.10 Å². The Bertz CT molecular complexity index is 832. The SMILES string of the molecule is CC(C)Oc1ccc(-c2nc3sc(C4CC4)nn3c2CO)cc1. The Hall–Kier alpha value is -1.92. The summed E-state index contributed by atoms with van der Waals surface area (Å²) in [6.07, 6.45) is 2.58. The van der Waals surface area contributed by atoms with Crippen molar-refractivity contribution in [2.24, 2.45) is 0 Å². The van der Waals surface area contributed by atoms with E-state index in [0.717, 1.165) is 32.7 Å². The first-order chi connectivity index (χ1) is 11.2. The minimum absolute atomic E-state index is 0.0748. The summed E-state index contributed by atoms with van der Waals surface area (Å²) in [5, 5.41) is 15.6. The van der Waals surface area contributed by atoms with E-state index in [1.807, 2.05) is 38.1 Å². The minimum atomic E-state index is -0.0748. The number of ether oxygens (including phenoxy) is 1. The van der Waals surface area contributed by atoms with Gasteiger partial charge in [0.05, 0.1) is 24.1 Å². The van der Waals surface area contributed by atoms with Crippen LogP contribution < -0.4 is 4.74 Å². The van der Waals surface area contributed by atoms with Crippen molar-refractivity contribution in [3.8, 4) is 17.0 Å². The second-order valence-corrected chi connectivity index (χ2v) is 7.15. The van der Waals surface area contributed by atoms with Crippen LogP contribution in [0.25, 0.3) is 16.2 Å². The zero-order valence-corrected chi connectivity index (χ0v) is 14.0. The van der Waals surface area contributed by atoms with Crippen molar-refractivity contribution in [2.75, 3.05) is 0 Å². The number of fused-ring (bicyclic) bond motifs is 1. The molecule has 0 spiro atoms. The van der Waals surface area contributed by atoms with Crippen molar-refractivity contribution in [1.82, 2.24) is 14.6 Å². The van der Waals surface area contributed by atoms with Gasteiger partial charge in [-0.25, -0.2) is 9.50 Å². The van der Waals surface area contributed by atoms with E-state index >= 15 is 0 Å². The average molecular weight is 329 g/mol. The van der Waals surface area contributed by atoms with Crippen LogP contribution in [0.2, 0.25) is 0 Å². The van der Waals surface area contributed by atoms with Crippen LogP contribution in [0.1, 0.15) is 43.3 Å². The first kappa shape index (κ1) is 14.7. The number of benzene rings is 1. The molecule has 4 rings (SSSR count). The van der Waals surface area contributed by atoms with E-state index in [0.29, 0.717) is 5.92 Å². The molecule has 6 heteroatoms. The molecule has 0 radical (unpaired) electrons. The van der Waals surface area contributed by atoms with Crippen LogP contribution >= 0.6 is 11.3 Å². The van der Waals surface area contributed by atoms with Gasteiger partial charge in [0.1, 0.15) is 10.8 Å². The lowest BCUT2D eigenvalue weighted by molar-refractivity contribution is 0.242. The lowest BCUT2D eigenvalue weighted by Gasteiger charge is -2.09. The first-order valence-corrected chi connectivity index (χ1v) is 8.73. The van der Waals surface area contributed by atoms with Gasteiger partial charge < -0.3 is 9.84 Å². The Morgan fingerprint density at radius 1 is 1.30 bits per heavy atom. The molecule has 0 atom stereocenters. The Morgan fingerprint density at radius 3 is 2.65 bits per heavy atom. The predicted octanol–water partition coefficient (Wildman–Crippen LogP) is 3.61. The highest BCUT2D eigenvalue weighted by atomic mass is 32.1. The first-order valence-electron chi connectivity index (χ1n) is 7.92. The molecule has 2 aromatic heterocycles. The van der Waals surface area contributed by atoms with E-state index in [4.69, 9.17) is 9.72 Å². The number of hydrogen-bond donors (Lipinski definition) is 1. The molecule has 0 aliphatic heterocycles. The molecule has 2 heterocycles. The highest BCUT2D eigenvalue weighted by Crippen LogP contribution is 2.42. The van der Waals surface area contributed by atoms with Gasteiger partial charge in [-0.05, 0) is 51.0 Å². The summed E-state index contributed by atoms with van der Waals surface area (Å²) in [6.45, 7) is 3.93. The number of hydrogen-bond acceptors (Lipinski definition) is 5. The van der Waals surface area contributed by atoms with Gasteiger partial charge in [0.15, 0.2) is 0 Å². The second kappa shape index (κ2) is 5.62. The molecule has 0 bridgehead atoms. The normalized spacial score (nSPS) is 14.8. The highest BCUT2D eigenvalue weighted by Gasteiger charge is 2.29. The monoisotopic (exact) mass is 329 g/mol. The van der Waals surface area contributed by atoms with Crippen LogP contribution in [0.4, 0.5) is 0 Å². The number of aliphatic hydroxyl groups excluding tert-OH is 1. The van der Waals surface area contributed by atoms with Gasteiger partial charge >= 0.3 is 0 Å². The van der Waals surface area contributed by atoms with Crippen molar-refractivity contribution in [3.63, 3.8) is 0 Å². The largest absolute Gasteiger partial charge is 0.491 e. The van der Waals surface area contributed by atoms with Gasteiger partial charge in [-0.15, -0.1) is 0 Å². The van der Waals surface area contributed by atoms with Gasteiger partial charge in [-0.1, -0.05) is 11.3 Å². The smallest absolute Gasteiger partial charge is 0.213 e. The Labute approximate surface area is 138 Å². The fourth-order valence-corrected chi connectivity index (χ4v) is 3.72. The zero-order chi connectivity index (χ0) is 16.0. The topological polar surface area (TPSA) is 59.7 Å². The molecule has 1 aromatic carbocycles. The third kappa shape index (κ3) is 2.72. The molecular formula is C17H19N3O2S. The fourth-order valence-electron chi connectivity index (χ4n) is 2.64. The number of nitrogens with zero attached hydrogens (tertiary/aromatic N) is 3. The average Bonchev–Trinajstić information content (AvgIpc) is 3.20. The summed E-state index contributed by atoms with van der Waals surface area (Å²) in [6, 6.07) is 7.83. The third-order valence-electron chi connectivity index (χ3n) is 3.89. The Balaban J connectivity index is 1.71. The lowest BCUT2D eigenvalue weighted by atomic mass is 10.1. The molecule has 0 saturated heterocycles. The summed E-state index contributed by atoms with van der Waals surface area (Å²) in [7, 11) is 0. The standard InChI is InChI=1S/C17H19N3O2S/c1-10(2)22-13-7-5-11(6-8-13)15-14(9-21)20-17(18-15)23-16(19-20)12-3-4-12/h5-8,10,12,21H,3-4,9H2,1-2H3. The van der Waals surface area contributed by atoms with Crippen molar-refractivity contribution >= 4 is 16.3 Å². The number of imidazole rings is 1. The number of aromatic nitrogens is 3.